The van der Waals surface area contributed by atoms with E-state index in [1.807, 2.05) is 30.0 Å². The highest BCUT2D eigenvalue weighted by atomic mass is 16.4. The summed E-state index contributed by atoms with van der Waals surface area (Å²) in [4.78, 5) is 24.2. The lowest BCUT2D eigenvalue weighted by Crippen LogP contribution is -2.27. The Hall–Kier alpha value is -2.04. The minimum Gasteiger partial charge on any atom is -0.481 e. The smallest absolute Gasteiger partial charge is 0.305 e. The molecule has 5 heteroatoms. The number of aryl methyl sites for hydroxylation is 1. The first-order valence-corrected chi connectivity index (χ1v) is 5.94. The molecule has 1 aliphatic heterocycles. The summed E-state index contributed by atoms with van der Waals surface area (Å²) in [5.74, 6) is -0.851. The molecule has 0 saturated carbocycles. The highest BCUT2D eigenvalue weighted by Crippen LogP contribution is 2.31. The van der Waals surface area contributed by atoms with Crippen molar-refractivity contribution in [3.63, 3.8) is 0 Å². The van der Waals surface area contributed by atoms with Gasteiger partial charge in [0.15, 0.2) is 0 Å². The second-order valence-corrected chi connectivity index (χ2v) is 4.40. The Morgan fingerprint density at radius 1 is 1.50 bits per heavy atom. The first-order valence-electron chi connectivity index (χ1n) is 5.94. The average Bonchev–Trinajstić information content (AvgIpc) is 2.47. The fourth-order valence-electron chi connectivity index (χ4n) is 2.10. The van der Waals surface area contributed by atoms with Gasteiger partial charge < -0.3 is 15.3 Å². The Balaban J connectivity index is 2.30. The number of anilines is 2. The van der Waals surface area contributed by atoms with Crippen molar-refractivity contribution in [2.45, 2.75) is 19.8 Å². The molecule has 96 valence electrons. The fraction of sp³-hybridized carbons (Fsp3) is 0.385. The molecule has 0 aliphatic carbocycles. The number of fused-ring (bicyclic) bond motifs is 1. The van der Waals surface area contributed by atoms with E-state index in [1.54, 1.807) is 0 Å². The summed E-state index contributed by atoms with van der Waals surface area (Å²) in [5, 5.41) is 11.6. The lowest BCUT2D eigenvalue weighted by Gasteiger charge is -2.24. The zero-order valence-electron chi connectivity index (χ0n) is 10.3. The molecule has 2 N–H and O–H groups in total. The molecule has 0 spiro atoms. The standard InChI is InChI=1S/C13H16N2O3/c1-9-3-2-4-10-13(9)14-11(16)5-7-15(10)8-6-12(17)18/h2-4H,5-8H2,1H3,(H,14,16)(H,17,18). The predicted molar refractivity (Wildman–Crippen MR) is 68.9 cm³/mol. The van der Waals surface area contributed by atoms with Gasteiger partial charge in [-0.15, -0.1) is 0 Å². The van der Waals surface area contributed by atoms with Gasteiger partial charge in [0.1, 0.15) is 0 Å². The monoisotopic (exact) mass is 248 g/mol. The lowest BCUT2D eigenvalue weighted by atomic mass is 10.1. The van der Waals surface area contributed by atoms with Crippen molar-refractivity contribution >= 4 is 23.3 Å². The highest BCUT2D eigenvalue weighted by Gasteiger charge is 2.20. The van der Waals surface area contributed by atoms with E-state index in [4.69, 9.17) is 5.11 Å². The fourth-order valence-corrected chi connectivity index (χ4v) is 2.10. The van der Waals surface area contributed by atoms with Crippen LogP contribution in [0.4, 0.5) is 11.4 Å². The van der Waals surface area contributed by atoms with Crippen molar-refractivity contribution < 1.29 is 14.7 Å². The van der Waals surface area contributed by atoms with Gasteiger partial charge in [-0.25, -0.2) is 0 Å². The third kappa shape index (κ3) is 2.61. The number of aliphatic carboxylic acids is 1. The first-order chi connectivity index (χ1) is 8.58. The minimum absolute atomic E-state index is 0.0247. The lowest BCUT2D eigenvalue weighted by molar-refractivity contribution is -0.136. The number of carbonyl (C=O) groups is 2. The number of carbonyl (C=O) groups excluding carboxylic acids is 1. The van der Waals surface area contributed by atoms with Gasteiger partial charge in [0.05, 0.1) is 17.8 Å². The van der Waals surface area contributed by atoms with Crippen LogP contribution in [0.2, 0.25) is 0 Å². The summed E-state index contributed by atoms with van der Waals surface area (Å²) in [6.45, 7) is 2.90. The highest BCUT2D eigenvalue weighted by molar-refractivity contribution is 5.97. The zero-order chi connectivity index (χ0) is 13.1. The maximum atomic E-state index is 11.6. The summed E-state index contributed by atoms with van der Waals surface area (Å²) < 4.78 is 0. The van der Waals surface area contributed by atoms with Crippen LogP contribution < -0.4 is 10.2 Å². The number of amides is 1. The van der Waals surface area contributed by atoms with Gasteiger partial charge in [0.25, 0.3) is 0 Å². The Labute approximate surface area is 105 Å². The minimum atomic E-state index is -0.826. The first kappa shape index (κ1) is 12.4. The van der Waals surface area contributed by atoms with Crippen molar-refractivity contribution in [2.75, 3.05) is 23.3 Å². The van der Waals surface area contributed by atoms with Crippen LogP contribution in [0.15, 0.2) is 18.2 Å². The number of para-hydroxylation sites is 1. The van der Waals surface area contributed by atoms with E-state index in [2.05, 4.69) is 5.32 Å². The molecule has 1 aliphatic rings. The normalized spacial score (nSPS) is 14.7. The number of carboxylic acid groups (broad SMARTS) is 1. The second-order valence-electron chi connectivity index (χ2n) is 4.40. The van der Waals surface area contributed by atoms with Gasteiger partial charge in [0, 0.05) is 19.5 Å². The molecule has 2 rings (SSSR count). The molecular weight excluding hydrogens is 232 g/mol. The van der Waals surface area contributed by atoms with Crippen LogP contribution in [0.25, 0.3) is 0 Å². The average molecular weight is 248 g/mol. The van der Waals surface area contributed by atoms with Crippen LogP contribution >= 0.6 is 0 Å². The van der Waals surface area contributed by atoms with E-state index in [-0.39, 0.29) is 12.3 Å². The Bertz CT molecular complexity index is 485. The SMILES string of the molecule is Cc1cccc2c1NC(=O)CCN2CCC(=O)O. The molecule has 0 saturated heterocycles. The maximum Gasteiger partial charge on any atom is 0.305 e. The van der Waals surface area contributed by atoms with E-state index in [0.717, 1.165) is 16.9 Å². The predicted octanol–water partition coefficient (Wildman–Crippen LogP) is 1.62. The van der Waals surface area contributed by atoms with Crippen molar-refractivity contribution in [2.24, 2.45) is 0 Å². The molecule has 0 radical (unpaired) electrons. The number of rotatable bonds is 3. The summed E-state index contributed by atoms with van der Waals surface area (Å²) in [6, 6.07) is 5.76. The van der Waals surface area contributed by atoms with E-state index < -0.39 is 5.97 Å². The zero-order valence-corrected chi connectivity index (χ0v) is 10.3. The van der Waals surface area contributed by atoms with Gasteiger partial charge in [-0.1, -0.05) is 12.1 Å². The van der Waals surface area contributed by atoms with Crippen LogP contribution in [0.1, 0.15) is 18.4 Å². The van der Waals surface area contributed by atoms with Gasteiger partial charge in [-0.3, -0.25) is 9.59 Å². The third-order valence-electron chi connectivity index (χ3n) is 3.06. The number of nitrogens with zero attached hydrogens (tertiary/aromatic N) is 1. The summed E-state index contributed by atoms with van der Waals surface area (Å²) >= 11 is 0. The van der Waals surface area contributed by atoms with Crippen LogP contribution in [0.5, 0.6) is 0 Å². The molecule has 1 aromatic carbocycles. The molecule has 0 atom stereocenters. The van der Waals surface area contributed by atoms with Crippen LogP contribution in [-0.2, 0) is 9.59 Å². The molecule has 5 nitrogen and oxygen atoms in total. The molecule has 0 unspecified atom stereocenters. The topological polar surface area (TPSA) is 69.6 Å². The number of carboxylic acids is 1. The van der Waals surface area contributed by atoms with Gasteiger partial charge in [-0.05, 0) is 18.6 Å². The number of hydrogen-bond acceptors (Lipinski definition) is 3. The van der Waals surface area contributed by atoms with Crippen molar-refractivity contribution in [1.29, 1.82) is 0 Å². The molecule has 0 fully saturated rings. The van der Waals surface area contributed by atoms with Crippen LogP contribution in [0.3, 0.4) is 0 Å². The molecule has 1 amide bonds. The maximum absolute atomic E-state index is 11.6. The van der Waals surface area contributed by atoms with Gasteiger partial charge >= 0.3 is 5.97 Å². The summed E-state index contributed by atoms with van der Waals surface area (Å²) in [6.07, 6.45) is 0.454. The van der Waals surface area contributed by atoms with Gasteiger partial charge in [-0.2, -0.15) is 0 Å². The summed E-state index contributed by atoms with van der Waals surface area (Å²) in [5.41, 5.74) is 2.69. The van der Waals surface area contributed by atoms with E-state index >= 15 is 0 Å². The molecule has 0 bridgehead atoms. The largest absolute Gasteiger partial charge is 0.481 e. The van der Waals surface area contributed by atoms with Crippen LogP contribution in [0, 0.1) is 6.92 Å². The second kappa shape index (κ2) is 5.08. The van der Waals surface area contributed by atoms with Crippen molar-refractivity contribution in [3.05, 3.63) is 23.8 Å². The Kier molecular flexibility index (Phi) is 3.50. The molecule has 18 heavy (non-hydrogen) atoms. The quantitative estimate of drug-likeness (QED) is 0.852. The molecule has 1 aromatic rings. The molecular formula is C13H16N2O3. The van der Waals surface area contributed by atoms with Crippen molar-refractivity contribution in [3.8, 4) is 0 Å². The number of nitrogens with one attached hydrogen (secondary N) is 1. The Morgan fingerprint density at radius 3 is 3.00 bits per heavy atom. The van der Waals surface area contributed by atoms with E-state index in [1.165, 1.54) is 0 Å². The van der Waals surface area contributed by atoms with Crippen LogP contribution in [-0.4, -0.2) is 30.1 Å². The van der Waals surface area contributed by atoms with E-state index in [9.17, 15) is 9.59 Å². The molecule has 0 aromatic heterocycles. The third-order valence-corrected chi connectivity index (χ3v) is 3.06. The number of hydrogen-bond donors (Lipinski definition) is 2. The van der Waals surface area contributed by atoms with Crippen molar-refractivity contribution in [1.82, 2.24) is 0 Å². The Morgan fingerprint density at radius 2 is 2.28 bits per heavy atom. The molecule has 1 heterocycles. The van der Waals surface area contributed by atoms with E-state index in [0.29, 0.717) is 19.5 Å². The van der Waals surface area contributed by atoms with Gasteiger partial charge in [0.2, 0.25) is 5.91 Å². The number of benzene rings is 1. The summed E-state index contributed by atoms with van der Waals surface area (Å²) in [7, 11) is 0.